The minimum Gasteiger partial charge on any atom is -0.480 e. The fourth-order valence-corrected chi connectivity index (χ4v) is 3.06. The van der Waals surface area contributed by atoms with Crippen LogP contribution in [-0.4, -0.2) is 42.8 Å². The number of hydrogen-bond donors (Lipinski definition) is 1. The Balaban J connectivity index is 2.20. The molecule has 0 spiro atoms. The van der Waals surface area contributed by atoms with Crippen molar-refractivity contribution in [2.75, 3.05) is 6.54 Å². The molecule has 0 radical (unpaired) electrons. The average Bonchev–Trinajstić information content (AvgIpc) is 2.98. The zero-order chi connectivity index (χ0) is 13.9. The Labute approximate surface area is 113 Å². The van der Waals surface area contributed by atoms with Crippen molar-refractivity contribution in [3.63, 3.8) is 0 Å². The first-order valence-electron chi connectivity index (χ1n) is 6.99. The topological polar surface area (TPSA) is 71.2 Å². The van der Waals surface area contributed by atoms with Crippen molar-refractivity contribution in [1.82, 2.24) is 19.7 Å². The van der Waals surface area contributed by atoms with Crippen LogP contribution in [0, 0.1) is 0 Å². The number of carbonyl (C=O) groups is 1. The van der Waals surface area contributed by atoms with Crippen LogP contribution in [0.25, 0.3) is 0 Å². The Kier molecular flexibility index (Phi) is 4.19. The summed E-state index contributed by atoms with van der Waals surface area (Å²) in [5, 5.41) is 13.8. The van der Waals surface area contributed by atoms with Crippen molar-refractivity contribution in [3.8, 4) is 0 Å². The zero-order valence-corrected chi connectivity index (χ0v) is 11.7. The Hall–Kier alpha value is -1.43. The minimum absolute atomic E-state index is 0.570. The number of aromatic nitrogens is 3. The van der Waals surface area contributed by atoms with Crippen molar-refractivity contribution in [3.05, 3.63) is 12.2 Å². The lowest BCUT2D eigenvalue weighted by Gasteiger charge is -2.34. The third-order valence-electron chi connectivity index (χ3n) is 4.01. The van der Waals surface area contributed by atoms with Gasteiger partial charge in [0.2, 0.25) is 0 Å². The van der Waals surface area contributed by atoms with Crippen molar-refractivity contribution in [2.45, 2.75) is 58.2 Å². The fourth-order valence-electron chi connectivity index (χ4n) is 3.06. The van der Waals surface area contributed by atoms with Gasteiger partial charge in [0.25, 0.3) is 0 Å². The smallest absolute Gasteiger partial charge is 0.324 e. The van der Waals surface area contributed by atoms with E-state index in [1.807, 2.05) is 18.5 Å². The molecule has 1 aliphatic rings. The largest absolute Gasteiger partial charge is 0.480 e. The van der Waals surface area contributed by atoms with Gasteiger partial charge in [-0.3, -0.25) is 9.69 Å². The molecule has 0 amide bonds. The summed E-state index contributed by atoms with van der Waals surface area (Å²) in [6.45, 7) is 6.20. The maximum Gasteiger partial charge on any atom is 0.324 e. The molecule has 1 aromatic heterocycles. The molecule has 1 fully saturated rings. The van der Waals surface area contributed by atoms with Crippen LogP contribution in [0.4, 0.5) is 0 Å². The van der Waals surface area contributed by atoms with Gasteiger partial charge in [0.15, 0.2) is 0 Å². The van der Waals surface area contributed by atoms with E-state index in [-0.39, 0.29) is 0 Å². The van der Waals surface area contributed by atoms with Gasteiger partial charge in [-0.1, -0.05) is 13.3 Å². The minimum atomic E-state index is -0.709. The lowest BCUT2D eigenvalue weighted by atomic mass is 9.90. The van der Waals surface area contributed by atoms with E-state index in [2.05, 4.69) is 15.0 Å². The highest BCUT2D eigenvalue weighted by Gasteiger charge is 2.47. The second-order valence-corrected chi connectivity index (χ2v) is 5.10. The number of carboxylic acids is 1. The summed E-state index contributed by atoms with van der Waals surface area (Å²) in [5.74, 6) is 0.153. The van der Waals surface area contributed by atoms with Crippen LogP contribution in [-0.2, 0) is 17.9 Å². The lowest BCUT2D eigenvalue weighted by molar-refractivity contribution is -0.150. The van der Waals surface area contributed by atoms with Gasteiger partial charge >= 0.3 is 5.97 Å². The van der Waals surface area contributed by atoms with Crippen LogP contribution in [0.2, 0.25) is 0 Å². The molecule has 6 heteroatoms. The molecule has 1 saturated heterocycles. The molecular weight excluding hydrogens is 244 g/mol. The third-order valence-corrected chi connectivity index (χ3v) is 4.01. The van der Waals surface area contributed by atoms with E-state index >= 15 is 0 Å². The van der Waals surface area contributed by atoms with Crippen LogP contribution in [0.3, 0.4) is 0 Å². The van der Waals surface area contributed by atoms with Crippen molar-refractivity contribution < 1.29 is 9.90 Å². The molecule has 106 valence electrons. The lowest BCUT2D eigenvalue weighted by Crippen LogP contribution is -2.50. The predicted octanol–water partition coefficient (Wildman–Crippen LogP) is 1.52. The van der Waals surface area contributed by atoms with Crippen molar-refractivity contribution >= 4 is 5.97 Å². The molecule has 0 aromatic carbocycles. The second-order valence-electron chi connectivity index (χ2n) is 5.10. The van der Waals surface area contributed by atoms with Crippen LogP contribution in [0.1, 0.15) is 45.4 Å². The summed E-state index contributed by atoms with van der Waals surface area (Å²) >= 11 is 0. The Morgan fingerprint density at radius 3 is 2.95 bits per heavy atom. The molecule has 1 unspecified atom stereocenters. The number of rotatable bonds is 6. The summed E-state index contributed by atoms with van der Waals surface area (Å²) < 4.78 is 1.83. The summed E-state index contributed by atoms with van der Waals surface area (Å²) in [5.41, 5.74) is -0.709. The molecular formula is C13H22N4O2. The van der Waals surface area contributed by atoms with Crippen LogP contribution in [0.5, 0.6) is 0 Å². The van der Waals surface area contributed by atoms with E-state index in [0.29, 0.717) is 13.0 Å². The zero-order valence-electron chi connectivity index (χ0n) is 11.7. The van der Waals surface area contributed by atoms with Gasteiger partial charge in [0, 0.05) is 6.54 Å². The highest BCUT2D eigenvalue weighted by molar-refractivity contribution is 5.79. The first-order chi connectivity index (χ1) is 9.14. The summed E-state index contributed by atoms with van der Waals surface area (Å²) in [6, 6.07) is 0. The quantitative estimate of drug-likeness (QED) is 0.845. The van der Waals surface area contributed by atoms with E-state index in [9.17, 15) is 9.90 Å². The first kappa shape index (κ1) is 14.0. The van der Waals surface area contributed by atoms with Crippen LogP contribution in [0.15, 0.2) is 6.33 Å². The van der Waals surface area contributed by atoms with E-state index in [1.54, 1.807) is 0 Å². The number of aliphatic carboxylic acids is 1. The number of nitrogens with zero attached hydrogens (tertiary/aromatic N) is 4. The monoisotopic (exact) mass is 266 g/mol. The molecule has 1 aliphatic heterocycles. The van der Waals surface area contributed by atoms with Gasteiger partial charge in [0.05, 0.1) is 6.54 Å². The number of aryl methyl sites for hydroxylation is 1. The molecule has 0 bridgehead atoms. The van der Waals surface area contributed by atoms with E-state index in [1.165, 1.54) is 6.33 Å². The molecule has 6 nitrogen and oxygen atoms in total. The number of carboxylic acid groups (broad SMARTS) is 1. The van der Waals surface area contributed by atoms with Crippen LogP contribution < -0.4 is 0 Å². The van der Waals surface area contributed by atoms with Gasteiger partial charge < -0.3 is 5.11 Å². The average molecular weight is 266 g/mol. The summed E-state index contributed by atoms with van der Waals surface area (Å²) in [6.07, 6.45) is 4.78. The SMILES string of the molecule is CCCC1(C(=O)O)CCCN1Cc1ncnn1CC. The standard InChI is InChI=1S/C13H22N4O2/c1-3-6-13(12(18)19)7-5-8-16(13)9-11-14-10-15-17(11)4-2/h10H,3-9H2,1-2H3,(H,18,19). The molecule has 1 aromatic rings. The molecule has 2 rings (SSSR count). The van der Waals surface area contributed by atoms with Gasteiger partial charge in [-0.15, -0.1) is 0 Å². The Bertz CT molecular complexity index is 446. The maximum absolute atomic E-state index is 11.7. The maximum atomic E-state index is 11.7. The molecule has 0 aliphatic carbocycles. The summed E-state index contributed by atoms with van der Waals surface area (Å²) in [4.78, 5) is 18.0. The Morgan fingerprint density at radius 2 is 2.32 bits per heavy atom. The summed E-state index contributed by atoms with van der Waals surface area (Å²) in [7, 11) is 0. The molecule has 2 heterocycles. The number of likely N-dealkylation sites (tertiary alicyclic amines) is 1. The first-order valence-corrected chi connectivity index (χ1v) is 6.99. The highest BCUT2D eigenvalue weighted by atomic mass is 16.4. The van der Waals surface area contributed by atoms with Crippen molar-refractivity contribution in [1.29, 1.82) is 0 Å². The van der Waals surface area contributed by atoms with Crippen molar-refractivity contribution in [2.24, 2.45) is 0 Å². The van der Waals surface area contributed by atoms with Gasteiger partial charge in [0.1, 0.15) is 17.7 Å². The predicted molar refractivity (Wildman–Crippen MR) is 70.6 cm³/mol. The van der Waals surface area contributed by atoms with Gasteiger partial charge in [-0.25, -0.2) is 9.67 Å². The molecule has 0 saturated carbocycles. The third kappa shape index (κ3) is 2.49. The van der Waals surface area contributed by atoms with Gasteiger partial charge in [-0.05, 0) is 32.7 Å². The molecule has 19 heavy (non-hydrogen) atoms. The van der Waals surface area contributed by atoms with E-state index in [0.717, 1.165) is 38.2 Å². The molecule has 1 atom stereocenters. The number of hydrogen-bond acceptors (Lipinski definition) is 4. The van der Waals surface area contributed by atoms with Gasteiger partial charge in [-0.2, -0.15) is 5.10 Å². The second kappa shape index (κ2) is 5.69. The molecule has 1 N–H and O–H groups in total. The Morgan fingerprint density at radius 1 is 1.53 bits per heavy atom. The van der Waals surface area contributed by atoms with E-state index in [4.69, 9.17) is 0 Å². The highest BCUT2D eigenvalue weighted by Crippen LogP contribution is 2.34. The normalized spacial score (nSPS) is 23.9. The van der Waals surface area contributed by atoms with Crippen LogP contribution >= 0.6 is 0 Å². The fraction of sp³-hybridized carbons (Fsp3) is 0.769. The van der Waals surface area contributed by atoms with E-state index < -0.39 is 11.5 Å².